The molecule has 2 aromatic carbocycles. The number of nitrogens with two attached hydrogens (primary N) is 3. The van der Waals surface area contributed by atoms with Gasteiger partial charge in [0.2, 0.25) is 0 Å². The van der Waals surface area contributed by atoms with Gasteiger partial charge in [0.15, 0.2) is 0 Å². The van der Waals surface area contributed by atoms with Crippen LogP contribution in [-0.2, 0) is 24.5 Å². The van der Waals surface area contributed by atoms with Gasteiger partial charge in [-0.05, 0) is 100 Å². The fourth-order valence-corrected chi connectivity index (χ4v) is 11.6. The highest BCUT2D eigenvalue weighted by molar-refractivity contribution is 8.06. The van der Waals surface area contributed by atoms with Crippen LogP contribution in [-0.4, -0.2) is 42.4 Å². The Hall–Kier alpha value is -4.32. The fourth-order valence-electron chi connectivity index (χ4n) is 4.84. The predicted octanol–water partition coefficient (Wildman–Crippen LogP) is 5.91. The van der Waals surface area contributed by atoms with Gasteiger partial charge in [0, 0.05) is 22.6 Å². The number of allylic oxidation sites excluding steroid dienone is 4. The van der Waals surface area contributed by atoms with E-state index in [0.717, 1.165) is 16.9 Å². The molecule has 1 aromatic heterocycles. The van der Waals surface area contributed by atoms with Gasteiger partial charge in [-0.25, -0.2) is 13.8 Å². The molecule has 13 nitrogen and oxygen atoms in total. The number of hydrogen-bond donors (Lipinski definition) is 6. The molecule has 48 heavy (non-hydrogen) atoms. The Morgan fingerprint density at radius 2 is 1.77 bits per heavy atom. The van der Waals surface area contributed by atoms with Crippen LogP contribution < -0.4 is 27.8 Å². The number of aryl methyl sites for hydroxylation is 1. The normalized spacial score (nSPS) is 14.6. The second-order valence-corrected chi connectivity index (χ2v) is 17.8. The van der Waals surface area contributed by atoms with Crippen molar-refractivity contribution >= 4 is 72.2 Å². The van der Waals surface area contributed by atoms with Crippen LogP contribution in [0.3, 0.4) is 0 Å². The molecule has 3 aromatic rings. The van der Waals surface area contributed by atoms with Crippen LogP contribution in [0, 0.1) is 12.3 Å². The lowest BCUT2D eigenvalue weighted by Gasteiger charge is -2.19. The number of anilines is 2. The minimum Gasteiger partial charge on any atom is -0.444 e. The number of thiophene rings is 1. The van der Waals surface area contributed by atoms with E-state index in [1.165, 1.54) is 36.0 Å². The number of carbonyl (C=O) groups excluding carboxylic acids is 2. The van der Waals surface area contributed by atoms with E-state index in [1.54, 1.807) is 57.4 Å². The summed E-state index contributed by atoms with van der Waals surface area (Å²) in [4.78, 5) is 23.9. The van der Waals surface area contributed by atoms with E-state index in [1.807, 2.05) is 6.92 Å². The van der Waals surface area contributed by atoms with E-state index >= 15 is 4.21 Å². The summed E-state index contributed by atoms with van der Waals surface area (Å²) >= 11 is 2.24. The monoisotopic (exact) mass is 731 g/mol. The van der Waals surface area contributed by atoms with Crippen molar-refractivity contribution in [1.29, 1.82) is 5.41 Å². The Bertz CT molecular complexity index is 2080. The van der Waals surface area contributed by atoms with Gasteiger partial charge in [-0.2, -0.15) is 8.42 Å². The summed E-state index contributed by atoms with van der Waals surface area (Å²) in [5.41, 5.74) is 19.9. The number of nitrogens with zero attached hydrogens (tertiary/aromatic N) is 1. The predicted molar refractivity (Wildman–Crippen MR) is 192 cm³/mol. The summed E-state index contributed by atoms with van der Waals surface area (Å²) in [6.07, 6.45) is 3.69. The number of rotatable bonds is 8. The molecular weight excluding hydrogens is 695 g/mol. The molecule has 0 aliphatic heterocycles. The second kappa shape index (κ2) is 14.0. The van der Waals surface area contributed by atoms with Crippen LogP contribution in [0.15, 0.2) is 83.0 Å². The number of nitrogens with one attached hydrogen (secondary N) is 3. The maximum Gasteiger partial charge on any atom is 0.413 e. The van der Waals surface area contributed by atoms with Crippen molar-refractivity contribution in [3.8, 4) is 11.1 Å². The first-order chi connectivity index (χ1) is 22.3. The number of amidine groups is 1. The molecule has 4 rings (SSSR count). The number of amides is 3. The Balaban J connectivity index is 1.93. The van der Waals surface area contributed by atoms with E-state index in [-0.39, 0.29) is 38.3 Å². The molecule has 1 aliphatic rings. The SMILES string of the molecule is CSc1sc(C(=N)NC(=O)OC(C)(C)C)cc1S(=O)(=NS(=O)(=O)C1=CC=C(NC(N)=O)CC1)c1cccc(-c2c(C)cc(N)cc2N)c1. The number of sulfonamides is 1. The highest BCUT2D eigenvalue weighted by Gasteiger charge is 2.30. The Labute approximate surface area is 288 Å². The topological polar surface area (TPSA) is 233 Å². The standard InChI is InChI=1S/C31H37N7O6S4/c1-17-13-19(32)15-23(33)26(17)18-7-6-8-22(14-18)47(41,38-48(42,43)21-11-9-20(10-12-21)36-29(35)39)25-16-24(46-28(25)45-5)27(34)37-30(40)44-31(2,3)4/h6-9,11,13-16H,10,12,32-33H2,1-5H3,(H2,34,37,40)(H3,35,36,39). The van der Waals surface area contributed by atoms with Crippen LogP contribution in [0.5, 0.6) is 0 Å². The molecule has 256 valence electrons. The lowest BCUT2D eigenvalue weighted by atomic mass is 9.98. The van der Waals surface area contributed by atoms with Gasteiger partial charge >= 0.3 is 12.1 Å². The van der Waals surface area contributed by atoms with Crippen molar-refractivity contribution in [2.45, 2.75) is 60.1 Å². The zero-order chi connectivity index (χ0) is 35.6. The van der Waals surface area contributed by atoms with Gasteiger partial charge in [-0.1, -0.05) is 15.9 Å². The van der Waals surface area contributed by atoms with Crippen LogP contribution in [0.2, 0.25) is 0 Å². The minimum absolute atomic E-state index is 0.0244. The Morgan fingerprint density at radius 3 is 2.35 bits per heavy atom. The Kier molecular flexibility index (Phi) is 10.7. The number of urea groups is 1. The van der Waals surface area contributed by atoms with Gasteiger partial charge < -0.3 is 27.3 Å². The third kappa shape index (κ3) is 8.39. The van der Waals surface area contributed by atoms with Crippen LogP contribution >= 0.6 is 23.1 Å². The second-order valence-electron chi connectivity index (χ2n) is 11.7. The van der Waals surface area contributed by atoms with Crippen molar-refractivity contribution in [2.75, 3.05) is 17.7 Å². The first-order valence-electron chi connectivity index (χ1n) is 14.4. The van der Waals surface area contributed by atoms with Crippen molar-refractivity contribution in [1.82, 2.24) is 10.6 Å². The van der Waals surface area contributed by atoms with Gasteiger partial charge in [0.1, 0.15) is 21.2 Å². The fraction of sp³-hybridized carbons (Fsp3) is 0.258. The van der Waals surface area contributed by atoms with Crippen LogP contribution in [0.4, 0.5) is 21.0 Å². The molecule has 0 saturated carbocycles. The summed E-state index contributed by atoms with van der Waals surface area (Å²) in [5.74, 6) is -0.325. The molecule has 0 spiro atoms. The van der Waals surface area contributed by atoms with Crippen LogP contribution in [0.25, 0.3) is 11.1 Å². The van der Waals surface area contributed by atoms with Gasteiger partial charge in [0.25, 0.3) is 10.0 Å². The molecule has 9 N–H and O–H groups in total. The summed E-state index contributed by atoms with van der Waals surface area (Å²) in [6, 6.07) is 10.4. The summed E-state index contributed by atoms with van der Waals surface area (Å²) in [6.45, 7) is 6.87. The van der Waals surface area contributed by atoms with E-state index < -0.39 is 37.5 Å². The molecule has 1 heterocycles. The van der Waals surface area contributed by atoms with Crippen LogP contribution in [0.1, 0.15) is 44.1 Å². The third-order valence-corrected chi connectivity index (χ3v) is 13.8. The first-order valence-corrected chi connectivity index (χ1v) is 19.3. The zero-order valence-electron chi connectivity index (χ0n) is 26.9. The molecule has 1 unspecified atom stereocenters. The molecule has 0 radical (unpaired) electrons. The summed E-state index contributed by atoms with van der Waals surface area (Å²) in [5, 5.41) is 13.4. The van der Waals surface area contributed by atoms with E-state index in [9.17, 15) is 18.0 Å². The molecular formula is C31H37N7O6S4. The van der Waals surface area contributed by atoms with Gasteiger partial charge in [-0.3, -0.25) is 10.7 Å². The number of primary amides is 1. The largest absolute Gasteiger partial charge is 0.444 e. The average molecular weight is 732 g/mol. The smallest absolute Gasteiger partial charge is 0.413 e. The summed E-state index contributed by atoms with van der Waals surface area (Å²) in [7, 11) is -8.52. The molecule has 0 fully saturated rings. The lowest BCUT2D eigenvalue weighted by molar-refractivity contribution is 0.0563. The van der Waals surface area contributed by atoms with E-state index in [4.69, 9.17) is 27.3 Å². The highest BCUT2D eigenvalue weighted by Crippen LogP contribution is 2.41. The Morgan fingerprint density at radius 1 is 1.06 bits per heavy atom. The molecule has 0 bridgehead atoms. The maximum absolute atomic E-state index is 15.4. The number of alkyl carbamates (subject to hydrolysis) is 1. The highest BCUT2D eigenvalue weighted by atomic mass is 32.3. The van der Waals surface area contributed by atoms with Crippen molar-refractivity contribution in [3.63, 3.8) is 0 Å². The van der Waals surface area contributed by atoms with Crippen molar-refractivity contribution in [2.24, 2.45) is 9.50 Å². The van der Waals surface area contributed by atoms with Crippen molar-refractivity contribution < 1.29 is 27.0 Å². The number of hydrogen-bond acceptors (Lipinski definition) is 11. The minimum atomic E-state index is -4.53. The number of carbonyl (C=O) groups is 2. The van der Waals surface area contributed by atoms with Crippen molar-refractivity contribution in [3.05, 3.63) is 75.7 Å². The average Bonchev–Trinajstić information content (AvgIpc) is 3.41. The zero-order valence-corrected chi connectivity index (χ0v) is 30.1. The first kappa shape index (κ1) is 36.5. The molecule has 3 amide bonds. The maximum atomic E-state index is 15.4. The van der Waals surface area contributed by atoms with Gasteiger partial charge in [0.05, 0.1) is 23.8 Å². The third-order valence-electron chi connectivity index (χ3n) is 6.78. The number of ether oxygens (including phenoxy) is 1. The van der Waals surface area contributed by atoms with Gasteiger partial charge in [-0.15, -0.1) is 23.1 Å². The number of thioether (sulfide) groups is 1. The molecule has 1 atom stereocenters. The number of benzene rings is 2. The molecule has 0 saturated heterocycles. The lowest BCUT2D eigenvalue weighted by Crippen LogP contribution is -2.36. The summed E-state index contributed by atoms with van der Waals surface area (Å²) < 4.78 is 53.0. The number of nitrogen functional groups attached to an aromatic ring is 2. The quantitative estimate of drug-likeness (QED) is 0.0699. The van der Waals surface area contributed by atoms with E-state index in [2.05, 4.69) is 14.4 Å². The molecule has 1 aliphatic carbocycles. The molecule has 17 heteroatoms. The van der Waals surface area contributed by atoms with E-state index in [0.29, 0.717) is 32.4 Å².